The van der Waals surface area contributed by atoms with Crippen LogP contribution in [0, 0.1) is 25.2 Å². The maximum atomic E-state index is 12.4. The number of carbonyl (C=O) groups is 2. The minimum atomic E-state index is -0.570. The molecule has 7 heteroatoms. The number of anilines is 1. The number of hydrogen-bond acceptors (Lipinski definition) is 5. The van der Waals surface area contributed by atoms with E-state index in [1.165, 1.54) is 0 Å². The summed E-state index contributed by atoms with van der Waals surface area (Å²) in [6, 6.07) is 13.9. The fraction of sp³-hybridized carbons (Fsp3) is 0.190. The average Bonchev–Trinajstić information content (AvgIpc) is 3.30. The standard InChI is InChI=1S/C21H19N3O4/c1-14-9-19(15(2)24(14)12-18-7-4-8-27-18)21(26)28-13-20(25)23-17-6-3-5-16(10-17)11-22/h3-10H,12-13H2,1-2H3,(H,23,25). The van der Waals surface area contributed by atoms with Gasteiger partial charge in [0.1, 0.15) is 5.76 Å². The van der Waals surface area contributed by atoms with E-state index in [4.69, 9.17) is 14.4 Å². The molecule has 0 saturated carbocycles. The van der Waals surface area contributed by atoms with Crippen molar-refractivity contribution in [2.75, 3.05) is 11.9 Å². The maximum absolute atomic E-state index is 12.4. The van der Waals surface area contributed by atoms with E-state index < -0.39 is 18.5 Å². The summed E-state index contributed by atoms with van der Waals surface area (Å²) in [6.45, 7) is 3.80. The van der Waals surface area contributed by atoms with Crippen LogP contribution in [0.25, 0.3) is 0 Å². The Morgan fingerprint density at radius 3 is 2.75 bits per heavy atom. The monoisotopic (exact) mass is 377 g/mol. The van der Waals surface area contributed by atoms with Crippen molar-refractivity contribution in [1.29, 1.82) is 5.26 Å². The van der Waals surface area contributed by atoms with Gasteiger partial charge in [0, 0.05) is 17.1 Å². The van der Waals surface area contributed by atoms with Gasteiger partial charge in [0.05, 0.1) is 30.0 Å². The zero-order valence-electron chi connectivity index (χ0n) is 15.6. The second-order valence-electron chi connectivity index (χ2n) is 6.27. The van der Waals surface area contributed by atoms with Crippen molar-refractivity contribution >= 4 is 17.6 Å². The third-order valence-corrected chi connectivity index (χ3v) is 4.30. The van der Waals surface area contributed by atoms with Gasteiger partial charge in [-0.3, -0.25) is 4.79 Å². The number of benzene rings is 1. The maximum Gasteiger partial charge on any atom is 0.340 e. The zero-order chi connectivity index (χ0) is 20.1. The molecule has 0 unspecified atom stereocenters. The van der Waals surface area contributed by atoms with Crippen molar-refractivity contribution in [3.05, 3.63) is 77.0 Å². The third-order valence-electron chi connectivity index (χ3n) is 4.30. The van der Waals surface area contributed by atoms with Crippen LogP contribution >= 0.6 is 0 Å². The average molecular weight is 377 g/mol. The highest BCUT2D eigenvalue weighted by Crippen LogP contribution is 2.18. The van der Waals surface area contributed by atoms with Gasteiger partial charge in [-0.05, 0) is 50.2 Å². The number of aromatic nitrogens is 1. The van der Waals surface area contributed by atoms with Crippen molar-refractivity contribution in [2.45, 2.75) is 20.4 Å². The number of rotatable bonds is 6. The van der Waals surface area contributed by atoms with Crippen molar-refractivity contribution in [3.8, 4) is 6.07 Å². The number of furan rings is 1. The van der Waals surface area contributed by atoms with Gasteiger partial charge in [0.15, 0.2) is 6.61 Å². The number of amides is 1. The molecule has 0 aliphatic heterocycles. The van der Waals surface area contributed by atoms with E-state index in [0.717, 1.165) is 17.1 Å². The Bertz CT molecular complexity index is 1040. The molecular weight excluding hydrogens is 358 g/mol. The molecule has 3 aromatic rings. The van der Waals surface area contributed by atoms with Crippen LogP contribution in [0.5, 0.6) is 0 Å². The van der Waals surface area contributed by atoms with Gasteiger partial charge in [0.25, 0.3) is 5.91 Å². The van der Waals surface area contributed by atoms with Crippen molar-refractivity contribution < 1.29 is 18.7 Å². The summed E-state index contributed by atoms with van der Waals surface area (Å²) in [5.41, 5.74) is 2.93. The van der Waals surface area contributed by atoms with Crippen LogP contribution in [0.4, 0.5) is 5.69 Å². The summed E-state index contributed by atoms with van der Waals surface area (Å²) >= 11 is 0. The van der Waals surface area contributed by atoms with E-state index in [1.807, 2.05) is 36.6 Å². The Morgan fingerprint density at radius 2 is 2.04 bits per heavy atom. The predicted molar refractivity (Wildman–Crippen MR) is 102 cm³/mol. The van der Waals surface area contributed by atoms with Crippen LogP contribution in [-0.4, -0.2) is 23.1 Å². The number of nitrogens with zero attached hydrogens (tertiary/aromatic N) is 2. The van der Waals surface area contributed by atoms with Gasteiger partial charge in [-0.2, -0.15) is 5.26 Å². The first kappa shape index (κ1) is 19.0. The lowest BCUT2D eigenvalue weighted by molar-refractivity contribution is -0.119. The highest BCUT2D eigenvalue weighted by molar-refractivity contribution is 5.96. The van der Waals surface area contributed by atoms with E-state index in [2.05, 4.69) is 5.32 Å². The molecule has 0 aliphatic rings. The lowest BCUT2D eigenvalue weighted by Gasteiger charge is -2.09. The Morgan fingerprint density at radius 1 is 1.21 bits per heavy atom. The molecule has 1 N–H and O–H groups in total. The van der Waals surface area contributed by atoms with Crippen LogP contribution in [0.1, 0.15) is 33.1 Å². The molecule has 0 atom stereocenters. The van der Waals surface area contributed by atoms with Gasteiger partial charge in [-0.1, -0.05) is 6.07 Å². The van der Waals surface area contributed by atoms with Gasteiger partial charge < -0.3 is 19.0 Å². The highest BCUT2D eigenvalue weighted by Gasteiger charge is 2.18. The predicted octanol–water partition coefficient (Wildman–Crippen LogP) is 3.41. The summed E-state index contributed by atoms with van der Waals surface area (Å²) in [7, 11) is 0. The first-order valence-corrected chi connectivity index (χ1v) is 8.64. The van der Waals surface area contributed by atoms with Crippen LogP contribution in [0.3, 0.4) is 0 Å². The Labute approximate surface area is 162 Å². The molecule has 0 saturated heterocycles. The molecule has 7 nitrogen and oxygen atoms in total. The van der Waals surface area contributed by atoms with Crippen molar-refractivity contribution in [2.24, 2.45) is 0 Å². The van der Waals surface area contributed by atoms with Crippen LogP contribution in [0.15, 0.2) is 53.1 Å². The quantitative estimate of drug-likeness (QED) is 0.664. The fourth-order valence-corrected chi connectivity index (χ4v) is 2.88. The molecule has 1 aromatic carbocycles. The highest BCUT2D eigenvalue weighted by atomic mass is 16.5. The molecule has 0 aliphatic carbocycles. The molecule has 0 spiro atoms. The number of nitrogens with one attached hydrogen (secondary N) is 1. The molecule has 1 amide bonds. The summed E-state index contributed by atoms with van der Waals surface area (Å²) in [5, 5.41) is 11.5. The number of hydrogen-bond donors (Lipinski definition) is 1. The SMILES string of the molecule is Cc1cc(C(=O)OCC(=O)Nc2cccc(C#N)c2)c(C)n1Cc1ccco1. The first-order valence-electron chi connectivity index (χ1n) is 8.64. The summed E-state index contributed by atoms with van der Waals surface area (Å²) in [5.74, 6) is -0.270. The molecular formula is C21H19N3O4. The molecule has 2 heterocycles. The first-order chi connectivity index (χ1) is 13.5. The van der Waals surface area contributed by atoms with Gasteiger partial charge in [-0.25, -0.2) is 4.79 Å². The smallest absolute Gasteiger partial charge is 0.340 e. The van der Waals surface area contributed by atoms with Crippen LogP contribution in [-0.2, 0) is 16.1 Å². The number of esters is 1. The van der Waals surface area contributed by atoms with E-state index >= 15 is 0 Å². The normalized spacial score (nSPS) is 10.3. The lowest BCUT2D eigenvalue weighted by atomic mass is 10.2. The van der Waals surface area contributed by atoms with E-state index in [9.17, 15) is 9.59 Å². The largest absolute Gasteiger partial charge is 0.467 e. The Hall–Kier alpha value is -3.79. The minimum Gasteiger partial charge on any atom is -0.467 e. The second kappa shape index (κ2) is 8.27. The summed E-state index contributed by atoms with van der Waals surface area (Å²) in [4.78, 5) is 24.4. The molecule has 0 radical (unpaired) electrons. The Balaban J connectivity index is 1.61. The van der Waals surface area contributed by atoms with Crippen molar-refractivity contribution in [3.63, 3.8) is 0 Å². The zero-order valence-corrected chi connectivity index (χ0v) is 15.6. The molecule has 28 heavy (non-hydrogen) atoms. The summed E-state index contributed by atoms with van der Waals surface area (Å²) in [6.07, 6.45) is 1.60. The van der Waals surface area contributed by atoms with E-state index in [-0.39, 0.29) is 0 Å². The van der Waals surface area contributed by atoms with E-state index in [0.29, 0.717) is 23.4 Å². The van der Waals surface area contributed by atoms with Crippen LogP contribution < -0.4 is 5.32 Å². The number of ether oxygens (including phenoxy) is 1. The molecule has 2 aromatic heterocycles. The van der Waals surface area contributed by atoms with E-state index in [1.54, 1.807) is 36.6 Å². The molecule has 3 rings (SSSR count). The minimum absolute atomic E-state index is 0.406. The third kappa shape index (κ3) is 4.30. The lowest BCUT2D eigenvalue weighted by Crippen LogP contribution is -2.21. The van der Waals surface area contributed by atoms with Crippen LogP contribution in [0.2, 0.25) is 0 Å². The van der Waals surface area contributed by atoms with Crippen molar-refractivity contribution in [1.82, 2.24) is 4.57 Å². The Kier molecular flexibility index (Phi) is 5.61. The molecule has 0 fully saturated rings. The summed E-state index contributed by atoms with van der Waals surface area (Å²) < 4.78 is 12.5. The van der Waals surface area contributed by atoms with Gasteiger partial charge in [-0.15, -0.1) is 0 Å². The fourth-order valence-electron chi connectivity index (χ4n) is 2.88. The number of nitriles is 1. The topological polar surface area (TPSA) is 97.3 Å². The number of carbonyl (C=O) groups excluding carboxylic acids is 2. The molecule has 142 valence electrons. The number of aryl methyl sites for hydroxylation is 1. The molecule has 0 bridgehead atoms. The second-order valence-corrected chi connectivity index (χ2v) is 6.27. The van der Waals surface area contributed by atoms with Gasteiger partial charge in [0.2, 0.25) is 0 Å². The van der Waals surface area contributed by atoms with Gasteiger partial charge >= 0.3 is 5.97 Å².